The van der Waals surface area contributed by atoms with E-state index >= 15 is 0 Å². The van der Waals surface area contributed by atoms with Crippen molar-refractivity contribution in [2.24, 2.45) is 0 Å². The van der Waals surface area contributed by atoms with Crippen LogP contribution in [0.1, 0.15) is 22.8 Å². The van der Waals surface area contributed by atoms with Crippen molar-refractivity contribution in [1.29, 1.82) is 0 Å². The van der Waals surface area contributed by atoms with Gasteiger partial charge in [-0.1, -0.05) is 24.3 Å². The van der Waals surface area contributed by atoms with Crippen molar-refractivity contribution in [2.75, 3.05) is 11.9 Å². The largest absolute Gasteiger partial charge is 0.462 e. The third-order valence-corrected chi connectivity index (χ3v) is 5.65. The first-order chi connectivity index (χ1) is 13.5. The first-order valence-electron chi connectivity index (χ1n) is 8.36. The Balaban J connectivity index is 1.87. The van der Waals surface area contributed by atoms with Gasteiger partial charge in [-0.15, -0.1) is 22.7 Å². The molecule has 2 aromatic heterocycles. The summed E-state index contributed by atoms with van der Waals surface area (Å²) in [5.74, 6) is -0.965. The van der Waals surface area contributed by atoms with Gasteiger partial charge in [-0.25, -0.2) is 4.79 Å². The molecule has 0 aliphatic heterocycles. The molecule has 2 heterocycles. The molecule has 28 heavy (non-hydrogen) atoms. The highest BCUT2D eigenvalue weighted by atomic mass is 32.1. The Labute approximate surface area is 168 Å². The Morgan fingerprint density at radius 3 is 2.64 bits per heavy atom. The van der Waals surface area contributed by atoms with Gasteiger partial charge >= 0.3 is 5.97 Å². The molecule has 0 bridgehead atoms. The van der Waals surface area contributed by atoms with Crippen molar-refractivity contribution in [3.8, 4) is 10.4 Å². The van der Waals surface area contributed by atoms with Crippen molar-refractivity contribution >= 4 is 45.2 Å². The van der Waals surface area contributed by atoms with E-state index in [-0.39, 0.29) is 18.7 Å². The van der Waals surface area contributed by atoms with Gasteiger partial charge < -0.3 is 10.1 Å². The minimum absolute atomic E-state index is 0.117. The van der Waals surface area contributed by atoms with Gasteiger partial charge in [0.05, 0.1) is 18.0 Å². The predicted octanol–water partition coefficient (Wildman–Crippen LogP) is 4.74. The second kappa shape index (κ2) is 8.77. The van der Waals surface area contributed by atoms with Gasteiger partial charge in [0.25, 0.3) is 5.69 Å². The second-order valence-electron chi connectivity index (χ2n) is 5.66. The second-order valence-corrected chi connectivity index (χ2v) is 7.49. The van der Waals surface area contributed by atoms with E-state index in [9.17, 15) is 19.7 Å². The van der Waals surface area contributed by atoms with Crippen LogP contribution >= 0.6 is 22.7 Å². The van der Waals surface area contributed by atoms with Crippen LogP contribution in [-0.2, 0) is 16.0 Å². The average molecular weight is 416 g/mol. The summed E-state index contributed by atoms with van der Waals surface area (Å²) in [5, 5.41) is 17.9. The maximum absolute atomic E-state index is 12.5. The third kappa shape index (κ3) is 4.26. The Kier molecular flexibility index (Phi) is 6.17. The number of esters is 1. The zero-order valence-corrected chi connectivity index (χ0v) is 16.5. The van der Waals surface area contributed by atoms with Crippen molar-refractivity contribution < 1.29 is 19.2 Å². The Bertz CT molecular complexity index is 1010. The molecule has 0 atom stereocenters. The molecule has 0 aliphatic rings. The summed E-state index contributed by atoms with van der Waals surface area (Å²) < 4.78 is 5.15. The molecule has 0 radical (unpaired) electrons. The van der Waals surface area contributed by atoms with E-state index in [1.54, 1.807) is 24.4 Å². The number of ether oxygens (including phenoxy) is 1. The average Bonchev–Trinajstić information content (AvgIpc) is 3.31. The zero-order chi connectivity index (χ0) is 20.1. The molecule has 9 heteroatoms. The standard InChI is InChI=1S/C19H16N2O5S2/c1-2-26-19(23)17-13(15-8-5-9-27-15)11-28-18(17)20-16(22)10-12-6-3-4-7-14(12)21(24)25/h3-9,11H,2,10H2,1H3,(H,20,22). The number of benzene rings is 1. The minimum atomic E-state index is -0.521. The highest BCUT2D eigenvalue weighted by molar-refractivity contribution is 7.17. The Hall–Kier alpha value is -3.04. The van der Waals surface area contributed by atoms with Gasteiger partial charge in [0.15, 0.2) is 0 Å². The Morgan fingerprint density at radius 2 is 1.96 bits per heavy atom. The van der Waals surface area contributed by atoms with E-state index in [0.717, 1.165) is 4.88 Å². The van der Waals surface area contributed by atoms with Crippen LogP contribution in [0.25, 0.3) is 10.4 Å². The van der Waals surface area contributed by atoms with Crippen molar-refractivity contribution in [2.45, 2.75) is 13.3 Å². The molecule has 0 aliphatic carbocycles. The molecule has 0 fully saturated rings. The molecule has 3 rings (SSSR count). The number of nitro groups is 1. The molecule has 0 saturated carbocycles. The number of thiophene rings is 2. The molecule has 0 spiro atoms. The summed E-state index contributed by atoms with van der Waals surface area (Å²) in [5.41, 5.74) is 1.18. The molecule has 0 unspecified atom stereocenters. The molecular formula is C19H16N2O5S2. The van der Waals surface area contributed by atoms with Gasteiger partial charge in [0.2, 0.25) is 5.91 Å². The summed E-state index contributed by atoms with van der Waals surface area (Å²) in [6.45, 7) is 1.92. The number of nitro benzene ring substituents is 1. The number of nitrogens with zero attached hydrogens (tertiary/aromatic N) is 1. The molecule has 1 N–H and O–H groups in total. The zero-order valence-electron chi connectivity index (χ0n) is 14.8. The van der Waals surface area contributed by atoms with Crippen LogP contribution in [-0.4, -0.2) is 23.4 Å². The summed E-state index contributed by atoms with van der Waals surface area (Å²) in [6, 6.07) is 9.83. The highest BCUT2D eigenvalue weighted by Crippen LogP contribution is 2.38. The van der Waals surface area contributed by atoms with Crippen LogP contribution in [0, 0.1) is 10.1 Å². The first-order valence-corrected chi connectivity index (χ1v) is 10.1. The van der Waals surface area contributed by atoms with E-state index in [1.165, 1.54) is 34.8 Å². The van der Waals surface area contributed by atoms with Crippen LogP contribution in [0.5, 0.6) is 0 Å². The molecule has 1 amide bonds. The number of hydrogen-bond acceptors (Lipinski definition) is 7. The van der Waals surface area contributed by atoms with E-state index < -0.39 is 16.8 Å². The molecule has 7 nitrogen and oxygen atoms in total. The fourth-order valence-corrected chi connectivity index (χ4v) is 4.44. The SMILES string of the molecule is CCOC(=O)c1c(-c2cccs2)csc1NC(=O)Cc1ccccc1[N+](=O)[O-]. The van der Waals surface area contributed by atoms with Crippen molar-refractivity contribution in [3.05, 3.63) is 68.4 Å². The smallest absolute Gasteiger partial charge is 0.341 e. The van der Waals surface area contributed by atoms with E-state index in [0.29, 0.717) is 21.7 Å². The molecule has 3 aromatic rings. The lowest BCUT2D eigenvalue weighted by Gasteiger charge is -2.08. The highest BCUT2D eigenvalue weighted by Gasteiger charge is 2.24. The van der Waals surface area contributed by atoms with Gasteiger partial charge in [-0.3, -0.25) is 14.9 Å². The lowest BCUT2D eigenvalue weighted by Crippen LogP contribution is -2.17. The van der Waals surface area contributed by atoms with E-state index in [2.05, 4.69) is 5.32 Å². The first kappa shape index (κ1) is 19.7. The number of carbonyl (C=O) groups is 2. The van der Waals surface area contributed by atoms with E-state index in [4.69, 9.17) is 4.74 Å². The van der Waals surface area contributed by atoms with Gasteiger partial charge in [-0.2, -0.15) is 0 Å². The maximum atomic E-state index is 12.5. The molecular weight excluding hydrogens is 400 g/mol. The number of anilines is 1. The van der Waals surface area contributed by atoms with Crippen LogP contribution in [0.15, 0.2) is 47.2 Å². The summed E-state index contributed by atoms with van der Waals surface area (Å²) in [6.07, 6.45) is -0.175. The quantitative estimate of drug-likeness (QED) is 0.341. The van der Waals surface area contributed by atoms with Crippen molar-refractivity contribution in [3.63, 3.8) is 0 Å². The normalized spacial score (nSPS) is 10.5. The molecule has 144 valence electrons. The van der Waals surface area contributed by atoms with E-state index in [1.807, 2.05) is 17.5 Å². The minimum Gasteiger partial charge on any atom is -0.462 e. The van der Waals surface area contributed by atoms with Gasteiger partial charge in [-0.05, 0) is 18.4 Å². The van der Waals surface area contributed by atoms with Crippen LogP contribution in [0.3, 0.4) is 0 Å². The van der Waals surface area contributed by atoms with Crippen LogP contribution < -0.4 is 5.32 Å². The predicted molar refractivity (Wildman–Crippen MR) is 109 cm³/mol. The van der Waals surface area contributed by atoms with Crippen LogP contribution in [0.2, 0.25) is 0 Å². The Morgan fingerprint density at radius 1 is 1.18 bits per heavy atom. The summed E-state index contributed by atoms with van der Waals surface area (Å²) >= 11 is 2.69. The fourth-order valence-electron chi connectivity index (χ4n) is 2.65. The third-order valence-electron chi connectivity index (χ3n) is 3.85. The number of para-hydroxylation sites is 1. The molecule has 1 aromatic carbocycles. The van der Waals surface area contributed by atoms with Crippen LogP contribution in [0.4, 0.5) is 10.7 Å². The number of hydrogen-bond donors (Lipinski definition) is 1. The molecule has 0 saturated heterocycles. The topological polar surface area (TPSA) is 98.5 Å². The summed E-state index contributed by atoms with van der Waals surface area (Å²) in [7, 11) is 0. The number of amides is 1. The van der Waals surface area contributed by atoms with Gasteiger partial charge in [0, 0.05) is 27.5 Å². The summed E-state index contributed by atoms with van der Waals surface area (Å²) in [4.78, 5) is 36.5. The van der Waals surface area contributed by atoms with Crippen molar-refractivity contribution in [1.82, 2.24) is 0 Å². The maximum Gasteiger partial charge on any atom is 0.341 e. The lowest BCUT2D eigenvalue weighted by molar-refractivity contribution is -0.385. The number of rotatable bonds is 7. The monoisotopic (exact) mass is 416 g/mol. The number of nitrogens with one attached hydrogen (secondary N) is 1. The van der Waals surface area contributed by atoms with Gasteiger partial charge in [0.1, 0.15) is 10.6 Å². The number of carbonyl (C=O) groups excluding carboxylic acids is 2. The lowest BCUT2D eigenvalue weighted by atomic mass is 10.1. The fraction of sp³-hybridized carbons (Fsp3) is 0.158.